The number of benzene rings is 1. The first kappa shape index (κ1) is 15.5. The Balaban J connectivity index is 2.31. The third-order valence-electron chi connectivity index (χ3n) is 3.61. The molecule has 7 heteroatoms. The molecule has 0 radical (unpaired) electrons. The average Bonchev–Trinajstić information content (AvgIpc) is 2.55. The van der Waals surface area contributed by atoms with E-state index in [9.17, 15) is 9.59 Å². The molecular formula is C16H15ClN3O3+. The molecule has 2 aromatic heterocycles. The minimum Gasteiger partial charge on any atom is -0.381 e. The van der Waals surface area contributed by atoms with Gasteiger partial charge in [0.1, 0.15) is 11.9 Å². The number of pyridine rings is 1. The van der Waals surface area contributed by atoms with Gasteiger partial charge in [0.25, 0.3) is 11.2 Å². The Bertz CT molecular complexity index is 961. The SMILES string of the molecule is COCCn1c(=O)[nH]c(=O)c2c(-c3ccc(Cl)cc3)cc[nH+]c21. The van der Waals surface area contributed by atoms with Gasteiger partial charge in [-0.15, -0.1) is 0 Å². The fraction of sp³-hybridized carbons (Fsp3) is 0.188. The fourth-order valence-electron chi connectivity index (χ4n) is 2.52. The van der Waals surface area contributed by atoms with Crippen molar-refractivity contribution in [3.8, 4) is 11.1 Å². The molecule has 2 heterocycles. The van der Waals surface area contributed by atoms with Crippen LogP contribution in [0.3, 0.4) is 0 Å². The van der Waals surface area contributed by atoms with Gasteiger partial charge in [0.2, 0.25) is 0 Å². The lowest BCUT2D eigenvalue weighted by Crippen LogP contribution is -2.34. The van der Waals surface area contributed by atoms with E-state index in [0.29, 0.717) is 29.2 Å². The Morgan fingerprint density at radius 3 is 2.65 bits per heavy atom. The first-order chi connectivity index (χ1) is 11.1. The molecule has 0 unspecified atom stereocenters. The van der Waals surface area contributed by atoms with Gasteiger partial charge in [-0.3, -0.25) is 9.78 Å². The van der Waals surface area contributed by atoms with Gasteiger partial charge >= 0.3 is 5.69 Å². The van der Waals surface area contributed by atoms with Crippen molar-refractivity contribution < 1.29 is 9.72 Å². The highest BCUT2D eigenvalue weighted by atomic mass is 35.5. The summed E-state index contributed by atoms with van der Waals surface area (Å²) in [7, 11) is 1.56. The molecule has 3 aromatic rings. The molecule has 0 spiro atoms. The van der Waals surface area contributed by atoms with Gasteiger partial charge in [-0.25, -0.2) is 9.78 Å². The summed E-state index contributed by atoms with van der Waals surface area (Å²) in [5.74, 6) is 0. The van der Waals surface area contributed by atoms with Crippen LogP contribution in [0.4, 0.5) is 0 Å². The van der Waals surface area contributed by atoms with Gasteiger partial charge < -0.3 is 4.74 Å². The van der Waals surface area contributed by atoms with Crippen LogP contribution in [-0.2, 0) is 11.3 Å². The summed E-state index contributed by atoms with van der Waals surface area (Å²) in [6, 6.07) is 8.98. The van der Waals surface area contributed by atoms with Crippen LogP contribution < -0.4 is 16.2 Å². The van der Waals surface area contributed by atoms with Crippen molar-refractivity contribution in [3.63, 3.8) is 0 Å². The topological polar surface area (TPSA) is 78.2 Å². The molecule has 0 saturated carbocycles. The van der Waals surface area contributed by atoms with Crippen molar-refractivity contribution in [2.45, 2.75) is 6.54 Å². The van der Waals surface area contributed by atoms with Crippen molar-refractivity contribution >= 4 is 22.6 Å². The van der Waals surface area contributed by atoms with Crippen LogP contribution >= 0.6 is 11.6 Å². The Kier molecular flexibility index (Phi) is 4.27. The molecule has 1 aromatic carbocycles. The van der Waals surface area contributed by atoms with E-state index in [1.54, 1.807) is 31.5 Å². The predicted octanol–water partition coefficient (Wildman–Crippen LogP) is 1.47. The van der Waals surface area contributed by atoms with Gasteiger partial charge in [0, 0.05) is 17.7 Å². The van der Waals surface area contributed by atoms with Crippen LogP contribution in [0.1, 0.15) is 0 Å². The van der Waals surface area contributed by atoms with E-state index in [4.69, 9.17) is 16.3 Å². The summed E-state index contributed by atoms with van der Waals surface area (Å²) in [4.78, 5) is 29.8. The predicted molar refractivity (Wildman–Crippen MR) is 87.7 cm³/mol. The van der Waals surface area contributed by atoms with E-state index >= 15 is 0 Å². The van der Waals surface area contributed by atoms with Gasteiger partial charge in [-0.1, -0.05) is 23.7 Å². The molecule has 0 fully saturated rings. The van der Waals surface area contributed by atoms with Crippen molar-refractivity contribution in [1.82, 2.24) is 9.55 Å². The summed E-state index contributed by atoms with van der Waals surface area (Å²) in [5, 5.41) is 1.04. The van der Waals surface area contributed by atoms with Crippen molar-refractivity contribution in [3.05, 3.63) is 62.4 Å². The maximum absolute atomic E-state index is 12.3. The largest absolute Gasteiger partial charge is 0.415 e. The lowest BCUT2D eigenvalue weighted by molar-refractivity contribution is -0.349. The molecule has 0 atom stereocenters. The highest BCUT2D eigenvalue weighted by Crippen LogP contribution is 2.24. The van der Waals surface area contributed by atoms with Gasteiger partial charge in [0.05, 0.1) is 12.8 Å². The van der Waals surface area contributed by atoms with E-state index in [1.165, 1.54) is 4.57 Å². The number of hydrogen-bond donors (Lipinski definition) is 1. The molecule has 0 bridgehead atoms. The number of hydrogen-bond acceptors (Lipinski definition) is 3. The van der Waals surface area contributed by atoms with Gasteiger partial charge in [-0.05, 0) is 23.8 Å². The first-order valence-corrected chi connectivity index (χ1v) is 7.42. The van der Waals surface area contributed by atoms with Crippen molar-refractivity contribution in [2.75, 3.05) is 13.7 Å². The number of ether oxygens (including phenoxy) is 1. The number of aromatic amines is 2. The molecule has 0 amide bonds. The molecule has 6 nitrogen and oxygen atoms in total. The van der Waals surface area contributed by atoms with E-state index < -0.39 is 11.2 Å². The summed E-state index contributed by atoms with van der Waals surface area (Å²) >= 11 is 5.92. The van der Waals surface area contributed by atoms with E-state index in [1.807, 2.05) is 12.1 Å². The fourth-order valence-corrected chi connectivity index (χ4v) is 2.65. The highest BCUT2D eigenvalue weighted by molar-refractivity contribution is 6.30. The number of nitrogens with zero attached hydrogens (tertiary/aromatic N) is 1. The van der Waals surface area contributed by atoms with E-state index in [-0.39, 0.29) is 0 Å². The Labute approximate surface area is 136 Å². The minimum absolute atomic E-state index is 0.336. The van der Waals surface area contributed by atoms with Crippen LogP contribution in [-0.4, -0.2) is 23.3 Å². The zero-order chi connectivity index (χ0) is 16.4. The summed E-state index contributed by atoms with van der Waals surface area (Å²) in [6.45, 7) is 0.698. The van der Waals surface area contributed by atoms with E-state index in [2.05, 4.69) is 9.97 Å². The standard InChI is InChI=1S/C16H14ClN3O3/c1-23-9-8-20-14-13(15(21)19-16(20)22)12(6-7-18-14)10-2-4-11(17)5-3-10/h2-7H,8-9H2,1H3,(H,19,21,22)/p+1. The van der Waals surface area contributed by atoms with Crippen molar-refractivity contribution in [2.24, 2.45) is 0 Å². The molecular weight excluding hydrogens is 318 g/mol. The Hall–Kier alpha value is -2.44. The number of aromatic nitrogens is 3. The average molecular weight is 333 g/mol. The van der Waals surface area contributed by atoms with Crippen LogP contribution in [0.15, 0.2) is 46.1 Å². The normalized spacial score (nSPS) is 11.0. The van der Waals surface area contributed by atoms with Crippen LogP contribution in [0.2, 0.25) is 5.02 Å². The minimum atomic E-state index is -0.468. The van der Waals surface area contributed by atoms with Gasteiger partial charge in [0.15, 0.2) is 0 Å². The first-order valence-electron chi connectivity index (χ1n) is 7.04. The third kappa shape index (κ3) is 2.91. The zero-order valence-corrected chi connectivity index (χ0v) is 13.2. The van der Waals surface area contributed by atoms with E-state index in [0.717, 1.165) is 11.1 Å². The maximum Gasteiger partial charge on any atom is 0.415 e. The molecule has 3 rings (SSSR count). The van der Waals surface area contributed by atoms with Crippen LogP contribution in [0, 0.1) is 0 Å². The quantitative estimate of drug-likeness (QED) is 0.786. The monoisotopic (exact) mass is 332 g/mol. The number of H-pyrrole nitrogens is 2. The zero-order valence-electron chi connectivity index (χ0n) is 12.4. The van der Waals surface area contributed by atoms with Crippen molar-refractivity contribution in [1.29, 1.82) is 0 Å². The number of nitrogens with one attached hydrogen (secondary N) is 2. The summed E-state index contributed by atoms with van der Waals surface area (Å²) in [5.41, 5.74) is 1.13. The lowest BCUT2D eigenvalue weighted by atomic mass is 10.0. The summed E-state index contributed by atoms with van der Waals surface area (Å²) in [6.07, 6.45) is 1.70. The molecule has 0 aliphatic rings. The second-order valence-corrected chi connectivity index (χ2v) is 5.46. The smallest absolute Gasteiger partial charge is 0.381 e. The maximum atomic E-state index is 12.3. The molecule has 0 saturated heterocycles. The second kappa shape index (κ2) is 6.36. The molecule has 23 heavy (non-hydrogen) atoms. The van der Waals surface area contributed by atoms with Crippen LogP contribution in [0.25, 0.3) is 22.2 Å². The number of fused-ring (bicyclic) bond motifs is 1. The molecule has 2 N–H and O–H groups in total. The lowest BCUT2D eigenvalue weighted by Gasteiger charge is -2.06. The third-order valence-corrected chi connectivity index (χ3v) is 3.87. The number of halogens is 1. The highest BCUT2D eigenvalue weighted by Gasteiger charge is 2.19. The molecule has 118 valence electrons. The summed E-state index contributed by atoms with van der Waals surface area (Å²) < 4.78 is 6.49. The van der Waals surface area contributed by atoms with Crippen LogP contribution in [0.5, 0.6) is 0 Å². The van der Waals surface area contributed by atoms with Gasteiger partial charge in [-0.2, -0.15) is 4.57 Å². The second-order valence-electron chi connectivity index (χ2n) is 5.03. The number of rotatable bonds is 4. The molecule has 0 aliphatic carbocycles. The number of methoxy groups -OCH3 is 1. The Morgan fingerprint density at radius 2 is 1.96 bits per heavy atom. The Morgan fingerprint density at radius 1 is 1.22 bits per heavy atom. The molecule has 0 aliphatic heterocycles.